The van der Waals surface area contributed by atoms with Gasteiger partial charge in [-0.15, -0.1) is 0 Å². The highest BCUT2D eigenvalue weighted by Gasteiger charge is 2.23. The van der Waals surface area contributed by atoms with Crippen LogP contribution in [0, 0.1) is 5.82 Å². The highest BCUT2D eigenvalue weighted by atomic mass is 19.1. The second kappa shape index (κ2) is 6.88. The van der Waals surface area contributed by atoms with E-state index < -0.39 is 17.5 Å². The number of hydrogen-bond donors (Lipinski definition) is 3. The van der Waals surface area contributed by atoms with Crippen LogP contribution in [-0.4, -0.2) is 29.2 Å². The lowest BCUT2D eigenvalue weighted by molar-refractivity contribution is -0.138. The summed E-state index contributed by atoms with van der Waals surface area (Å²) >= 11 is 0. The molecule has 0 unspecified atom stereocenters. The van der Waals surface area contributed by atoms with E-state index in [4.69, 9.17) is 5.11 Å². The summed E-state index contributed by atoms with van der Waals surface area (Å²) in [5, 5.41) is 13.9. The van der Waals surface area contributed by atoms with Crippen molar-refractivity contribution in [3.8, 4) is 0 Å². The van der Waals surface area contributed by atoms with E-state index in [1.54, 1.807) is 26.0 Å². The second-order valence-corrected chi connectivity index (χ2v) is 5.22. The minimum atomic E-state index is -0.977. The molecule has 0 aliphatic carbocycles. The maximum atomic E-state index is 12.9. The monoisotopic (exact) mass is 282 g/mol. The van der Waals surface area contributed by atoms with E-state index >= 15 is 0 Å². The van der Waals surface area contributed by atoms with Gasteiger partial charge in [-0.1, -0.05) is 12.1 Å². The van der Waals surface area contributed by atoms with Crippen molar-refractivity contribution in [1.29, 1.82) is 0 Å². The maximum Gasteiger partial charge on any atom is 0.315 e. The number of carbonyl (C=O) groups excluding carboxylic acids is 1. The zero-order valence-electron chi connectivity index (χ0n) is 11.6. The first-order valence-electron chi connectivity index (χ1n) is 6.31. The first kappa shape index (κ1) is 15.9. The highest BCUT2D eigenvalue weighted by Crippen LogP contribution is 2.07. The molecule has 6 heteroatoms. The lowest BCUT2D eigenvalue weighted by atomic mass is 10.0. The Morgan fingerprint density at radius 1 is 1.35 bits per heavy atom. The summed E-state index contributed by atoms with van der Waals surface area (Å²) in [5.41, 5.74) is -0.0375. The maximum absolute atomic E-state index is 12.9. The van der Waals surface area contributed by atoms with Gasteiger partial charge in [-0.3, -0.25) is 4.79 Å². The normalized spacial score (nSPS) is 10.9. The Balaban J connectivity index is 2.35. The molecule has 20 heavy (non-hydrogen) atoms. The number of nitrogens with one attached hydrogen (secondary N) is 2. The minimum absolute atomic E-state index is 0.162. The fourth-order valence-electron chi connectivity index (χ4n) is 1.79. The predicted molar refractivity (Wildman–Crippen MR) is 73.0 cm³/mol. The molecule has 0 spiro atoms. The Kier molecular flexibility index (Phi) is 5.49. The van der Waals surface area contributed by atoms with Crippen molar-refractivity contribution >= 4 is 12.0 Å². The zero-order chi connectivity index (χ0) is 15.2. The molecular weight excluding hydrogens is 263 g/mol. The lowest BCUT2D eigenvalue weighted by Crippen LogP contribution is -2.49. The molecule has 0 aromatic heterocycles. The molecule has 2 amide bonds. The first-order chi connectivity index (χ1) is 9.28. The molecule has 0 bridgehead atoms. The van der Waals surface area contributed by atoms with Crippen LogP contribution in [0.4, 0.5) is 9.18 Å². The molecule has 110 valence electrons. The molecule has 5 nitrogen and oxygen atoms in total. The largest absolute Gasteiger partial charge is 0.481 e. The van der Waals surface area contributed by atoms with E-state index in [1.165, 1.54) is 12.1 Å². The predicted octanol–water partition coefficient (Wildman–Crippen LogP) is 1.92. The molecule has 1 rings (SSSR count). The van der Waals surface area contributed by atoms with Crippen LogP contribution in [0.3, 0.4) is 0 Å². The molecule has 3 N–H and O–H groups in total. The average molecular weight is 282 g/mol. The van der Waals surface area contributed by atoms with Crippen LogP contribution < -0.4 is 10.6 Å². The Labute approximate surface area is 117 Å². The molecule has 0 heterocycles. The fourth-order valence-corrected chi connectivity index (χ4v) is 1.79. The number of benzene rings is 1. The van der Waals surface area contributed by atoms with Crippen LogP contribution >= 0.6 is 0 Å². The molecule has 0 atom stereocenters. The van der Waals surface area contributed by atoms with Crippen molar-refractivity contribution in [2.45, 2.75) is 32.2 Å². The van der Waals surface area contributed by atoms with Gasteiger partial charge in [0.25, 0.3) is 0 Å². The molecular formula is C14H19FN2O3. The van der Waals surface area contributed by atoms with E-state index in [0.717, 1.165) is 5.56 Å². The minimum Gasteiger partial charge on any atom is -0.481 e. The topological polar surface area (TPSA) is 78.4 Å². The van der Waals surface area contributed by atoms with Crippen molar-refractivity contribution in [2.24, 2.45) is 0 Å². The quantitative estimate of drug-likeness (QED) is 0.746. The molecule has 0 radical (unpaired) electrons. The molecule has 0 aliphatic rings. The van der Waals surface area contributed by atoms with E-state index in [9.17, 15) is 14.0 Å². The number of aliphatic carboxylic acids is 1. The van der Waals surface area contributed by atoms with Crippen molar-refractivity contribution < 1.29 is 19.1 Å². The van der Waals surface area contributed by atoms with Crippen LogP contribution in [0.5, 0.6) is 0 Å². The Bertz CT molecular complexity index is 489. The van der Waals surface area contributed by atoms with Crippen LogP contribution in [0.25, 0.3) is 0 Å². The number of carboxylic acids is 1. The number of carboxylic acid groups (broad SMARTS) is 1. The van der Waals surface area contributed by atoms with Gasteiger partial charge in [0.2, 0.25) is 0 Å². The highest BCUT2D eigenvalue weighted by molar-refractivity contribution is 5.76. The molecule has 0 fully saturated rings. The average Bonchev–Trinajstić information content (AvgIpc) is 2.26. The smallest absolute Gasteiger partial charge is 0.315 e. The van der Waals surface area contributed by atoms with Gasteiger partial charge in [-0.2, -0.15) is 0 Å². The molecule has 1 aromatic carbocycles. The number of hydrogen-bond acceptors (Lipinski definition) is 2. The number of carbonyl (C=O) groups is 2. The van der Waals surface area contributed by atoms with Gasteiger partial charge in [-0.05, 0) is 38.0 Å². The SMILES string of the molecule is CC(C)(CC(=O)O)NC(=O)NCCc1cccc(F)c1. The van der Waals surface area contributed by atoms with Gasteiger partial charge in [0.05, 0.1) is 6.42 Å². The fraction of sp³-hybridized carbons (Fsp3) is 0.429. The second-order valence-electron chi connectivity index (χ2n) is 5.22. The number of rotatable bonds is 6. The summed E-state index contributed by atoms with van der Waals surface area (Å²) < 4.78 is 12.9. The van der Waals surface area contributed by atoms with E-state index in [2.05, 4.69) is 10.6 Å². The summed E-state index contributed by atoms with van der Waals surface area (Å²) in [4.78, 5) is 22.2. The van der Waals surface area contributed by atoms with Gasteiger partial charge >= 0.3 is 12.0 Å². The Morgan fingerprint density at radius 2 is 2.05 bits per heavy atom. The standard InChI is InChI=1S/C14H19FN2O3/c1-14(2,9-12(18)19)17-13(20)16-7-6-10-4-3-5-11(15)8-10/h3-5,8H,6-7,9H2,1-2H3,(H,18,19)(H2,16,17,20). The first-order valence-corrected chi connectivity index (χ1v) is 6.31. The molecule has 1 aromatic rings. The van der Waals surface area contributed by atoms with Gasteiger partial charge in [-0.25, -0.2) is 9.18 Å². The van der Waals surface area contributed by atoms with Crippen molar-refractivity contribution in [2.75, 3.05) is 6.54 Å². The van der Waals surface area contributed by atoms with Gasteiger partial charge < -0.3 is 15.7 Å². The lowest BCUT2D eigenvalue weighted by Gasteiger charge is -2.24. The summed E-state index contributed by atoms with van der Waals surface area (Å²) in [7, 11) is 0. The van der Waals surface area contributed by atoms with Gasteiger partial charge in [0, 0.05) is 12.1 Å². The van der Waals surface area contributed by atoms with Crippen LogP contribution in [0.15, 0.2) is 24.3 Å². The Morgan fingerprint density at radius 3 is 2.65 bits per heavy atom. The molecule has 0 aliphatic heterocycles. The third kappa shape index (κ3) is 6.17. The molecule has 0 saturated heterocycles. The molecule has 0 saturated carbocycles. The third-order valence-electron chi connectivity index (χ3n) is 2.63. The van der Waals surface area contributed by atoms with Crippen molar-refractivity contribution in [1.82, 2.24) is 10.6 Å². The summed E-state index contributed by atoms with van der Waals surface area (Å²) in [5.74, 6) is -1.29. The summed E-state index contributed by atoms with van der Waals surface area (Å²) in [6.45, 7) is 3.61. The van der Waals surface area contributed by atoms with E-state index in [-0.39, 0.29) is 12.2 Å². The number of amides is 2. The van der Waals surface area contributed by atoms with Gasteiger partial charge in [0.1, 0.15) is 5.82 Å². The Hall–Kier alpha value is -2.11. The van der Waals surface area contributed by atoms with Crippen LogP contribution in [0.1, 0.15) is 25.8 Å². The number of halogens is 1. The zero-order valence-corrected chi connectivity index (χ0v) is 11.6. The van der Waals surface area contributed by atoms with Crippen LogP contribution in [0.2, 0.25) is 0 Å². The summed E-state index contributed by atoms with van der Waals surface area (Å²) in [6.07, 6.45) is 0.342. The van der Waals surface area contributed by atoms with Crippen LogP contribution in [-0.2, 0) is 11.2 Å². The third-order valence-corrected chi connectivity index (χ3v) is 2.63. The van der Waals surface area contributed by atoms with Crippen molar-refractivity contribution in [3.05, 3.63) is 35.6 Å². The van der Waals surface area contributed by atoms with E-state index in [1.807, 2.05) is 0 Å². The van der Waals surface area contributed by atoms with E-state index in [0.29, 0.717) is 13.0 Å². The van der Waals surface area contributed by atoms with Gasteiger partial charge in [0.15, 0.2) is 0 Å². The summed E-state index contributed by atoms with van der Waals surface area (Å²) in [6, 6.07) is 5.72. The van der Waals surface area contributed by atoms with Crippen molar-refractivity contribution in [3.63, 3.8) is 0 Å². The number of urea groups is 1.